The summed E-state index contributed by atoms with van der Waals surface area (Å²) in [5, 5.41) is 3.68. The molecule has 0 bridgehead atoms. The van der Waals surface area contributed by atoms with Crippen molar-refractivity contribution >= 4 is 23.2 Å². The number of nitrogens with zero attached hydrogens (tertiary/aromatic N) is 3. The second-order valence-electron chi connectivity index (χ2n) is 6.35. The number of pyridine rings is 1. The summed E-state index contributed by atoms with van der Waals surface area (Å²) in [5.41, 5.74) is -0.885. The van der Waals surface area contributed by atoms with Crippen LogP contribution in [0.2, 0.25) is 5.02 Å². The number of carbonyl (C=O) groups is 2. The SMILES string of the molecule is CC(=O)C(CC(=O)c1cc(C(F)(F)F)nn1-c1ccccc1Cl)c1cccnc1. The van der Waals surface area contributed by atoms with Gasteiger partial charge in [0.15, 0.2) is 11.5 Å². The molecule has 9 heteroatoms. The lowest BCUT2D eigenvalue weighted by Crippen LogP contribution is -2.17. The topological polar surface area (TPSA) is 64.8 Å². The van der Waals surface area contributed by atoms with Crippen molar-refractivity contribution in [3.8, 4) is 5.69 Å². The van der Waals surface area contributed by atoms with E-state index in [4.69, 9.17) is 11.6 Å². The molecule has 3 aromatic rings. The molecule has 0 spiro atoms. The monoisotopic (exact) mass is 421 g/mol. The van der Waals surface area contributed by atoms with Crippen molar-refractivity contribution in [3.63, 3.8) is 0 Å². The quantitative estimate of drug-likeness (QED) is 0.532. The lowest BCUT2D eigenvalue weighted by molar-refractivity contribution is -0.141. The standard InChI is InChI=1S/C20H15ClF3N3O2/c1-12(28)14(13-5-4-8-25-11-13)9-18(29)17-10-19(20(22,23)24)26-27(17)16-7-3-2-6-15(16)21/h2-8,10-11,14H,9H2,1H3. The van der Waals surface area contributed by atoms with Crippen molar-refractivity contribution in [2.45, 2.75) is 25.4 Å². The van der Waals surface area contributed by atoms with Crippen LogP contribution >= 0.6 is 11.6 Å². The Bertz CT molecular complexity index is 1050. The first-order chi connectivity index (χ1) is 13.7. The summed E-state index contributed by atoms with van der Waals surface area (Å²) >= 11 is 6.10. The summed E-state index contributed by atoms with van der Waals surface area (Å²) in [6.07, 6.45) is -2.10. The van der Waals surface area contributed by atoms with Gasteiger partial charge in [-0.1, -0.05) is 29.8 Å². The van der Waals surface area contributed by atoms with E-state index >= 15 is 0 Å². The third-order valence-corrected chi connectivity index (χ3v) is 4.65. The van der Waals surface area contributed by atoms with Gasteiger partial charge in [-0.25, -0.2) is 4.68 Å². The van der Waals surface area contributed by atoms with Crippen LogP contribution in [-0.2, 0) is 11.0 Å². The zero-order valence-electron chi connectivity index (χ0n) is 15.2. The number of benzene rings is 1. The molecule has 0 amide bonds. The maximum atomic E-state index is 13.2. The molecule has 2 heterocycles. The second-order valence-corrected chi connectivity index (χ2v) is 6.76. The van der Waals surface area contributed by atoms with E-state index in [9.17, 15) is 22.8 Å². The molecule has 29 heavy (non-hydrogen) atoms. The number of rotatable bonds is 6. The van der Waals surface area contributed by atoms with Crippen LogP contribution in [0.5, 0.6) is 0 Å². The van der Waals surface area contributed by atoms with Crippen molar-refractivity contribution in [1.29, 1.82) is 0 Å². The van der Waals surface area contributed by atoms with Gasteiger partial charge in [0.05, 0.1) is 16.6 Å². The molecule has 0 aliphatic carbocycles. The number of hydrogen-bond donors (Lipinski definition) is 0. The van der Waals surface area contributed by atoms with E-state index in [1.165, 1.54) is 31.5 Å². The van der Waals surface area contributed by atoms with Gasteiger partial charge in [0, 0.05) is 24.9 Å². The van der Waals surface area contributed by atoms with Crippen LogP contribution in [0.1, 0.15) is 41.0 Å². The van der Waals surface area contributed by atoms with Crippen molar-refractivity contribution < 1.29 is 22.8 Å². The first-order valence-corrected chi connectivity index (χ1v) is 8.92. The Kier molecular flexibility index (Phi) is 5.83. The average molecular weight is 422 g/mol. The molecular formula is C20H15ClF3N3O2. The summed E-state index contributed by atoms with van der Waals surface area (Å²) in [6, 6.07) is 10.0. The van der Waals surface area contributed by atoms with Crippen LogP contribution in [-0.4, -0.2) is 26.3 Å². The third kappa shape index (κ3) is 4.54. The maximum Gasteiger partial charge on any atom is 0.435 e. The summed E-state index contributed by atoms with van der Waals surface area (Å²) in [7, 11) is 0. The molecular weight excluding hydrogens is 407 g/mol. The van der Waals surface area contributed by atoms with E-state index in [2.05, 4.69) is 10.1 Å². The third-order valence-electron chi connectivity index (χ3n) is 4.33. The molecule has 0 radical (unpaired) electrons. The largest absolute Gasteiger partial charge is 0.435 e. The van der Waals surface area contributed by atoms with Crippen molar-refractivity contribution in [3.05, 3.63) is 76.8 Å². The molecule has 0 saturated carbocycles. The van der Waals surface area contributed by atoms with Crippen LogP contribution < -0.4 is 0 Å². The highest BCUT2D eigenvalue weighted by atomic mass is 35.5. The van der Waals surface area contributed by atoms with E-state index in [1.54, 1.807) is 24.3 Å². The molecule has 1 atom stereocenters. The first-order valence-electron chi connectivity index (χ1n) is 8.54. The zero-order valence-corrected chi connectivity index (χ0v) is 15.9. The van der Waals surface area contributed by atoms with Gasteiger partial charge in [-0.2, -0.15) is 18.3 Å². The molecule has 0 fully saturated rings. The Morgan fingerprint density at radius 2 is 1.90 bits per heavy atom. The lowest BCUT2D eigenvalue weighted by atomic mass is 9.91. The van der Waals surface area contributed by atoms with Crippen molar-refractivity contribution in [1.82, 2.24) is 14.8 Å². The Morgan fingerprint density at radius 3 is 2.48 bits per heavy atom. The minimum Gasteiger partial charge on any atom is -0.299 e. The minimum atomic E-state index is -4.75. The van der Waals surface area contributed by atoms with Gasteiger partial charge in [-0.05, 0) is 30.7 Å². The van der Waals surface area contributed by atoms with E-state index in [-0.39, 0.29) is 28.6 Å². The van der Waals surface area contributed by atoms with Gasteiger partial charge in [0.1, 0.15) is 11.5 Å². The van der Waals surface area contributed by atoms with Gasteiger partial charge < -0.3 is 0 Å². The highest BCUT2D eigenvalue weighted by Crippen LogP contribution is 2.32. The molecule has 2 aromatic heterocycles. The number of para-hydroxylation sites is 1. The predicted molar refractivity (Wildman–Crippen MR) is 100 cm³/mol. The molecule has 5 nitrogen and oxygen atoms in total. The Hall–Kier alpha value is -3.00. The number of alkyl halides is 3. The highest BCUT2D eigenvalue weighted by Gasteiger charge is 2.36. The van der Waals surface area contributed by atoms with Crippen LogP contribution in [0.4, 0.5) is 13.2 Å². The van der Waals surface area contributed by atoms with E-state index in [0.29, 0.717) is 11.6 Å². The lowest BCUT2D eigenvalue weighted by Gasteiger charge is -2.14. The van der Waals surface area contributed by atoms with Crippen molar-refractivity contribution in [2.75, 3.05) is 0 Å². The fourth-order valence-electron chi connectivity index (χ4n) is 2.89. The fraction of sp³-hybridized carbons (Fsp3) is 0.200. The molecule has 1 aromatic carbocycles. The van der Waals surface area contributed by atoms with Gasteiger partial charge in [0.25, 0.3) is 0 Å². The van der Waals surface area contributed by atoms with Crippen LogP contribution in [0, 0.1) is 0 Å². The summed E-state index contributed by atoms with van der Waals surface area (Å²) in [5.74, 6) is -1.80. The van der Waals surface area contributed by atoms with E-state index in [0.717, 1.165) is 4.68 Å². The van der Waals surface area contributed by atoms with Crippen LogP contribution in [0.3, 0.4) is 0 Å². The number of halogens is 4. The number of ketones is 2. The molecule has 3 rings (SSSR count). The first kappa shape index (κ1) is 20.7. The highest BCUT2D eigenvalue weighted by molar-refractivity contribution is 6.32. The number of carbonyl (C=O) groups excluding carboxylic acids is 2. The Balaban J connectivity index is 2.05. The predicted octanol–water partition coefficient (Wildman–Crippen LogP) is 4.89. The number of Topliss-reactive ketones (excluding diaryl/α,β-unsaturated/α-hetero) is 2. The molecule has 0 saturated heterocycles. The maximum absolute atomic E-state index is 13.2. The zero-order chi connectivity index (χ0) is 21.2. The summed E-state index contributed by atoms with van der Waals surface area (Å²) in [6.45, 7) is 1.32. The van der Waals surface area contributed by atoms with Gasteiger partial charge in [0.2, 0.25) is 0 Å². The number of aromatic nitrogens is 3. The van der Waals surface area contributed by atoms with Crippen molar-refractivity contribution in [2.24, 2.45) is 0 Å². The van der Waals surface area contributed by atoms with Crippen LogP contribution in [0.25, 0.3) is 5.69 Å². The molecule has 1 unspecified atom stereocenters. The number of hydrogen-bond acceptors (Lipinski definition) is 4. The summed E-state index contributed by atoms with van der Waals surface area (Å²) < 4.78 is 40.6. The summed E-state index contributed by atoms with van der Waals surface area (Å²) in [4.78, 5) is 28.9. The van der Waals surface area contributed by atoms with Gasteiger partial charge in [-0.15, -0.1) is 0 Å². The molecule has 0 aliphatic heterocycles. The smallest absolute Gasteiger partial charge is 0.299 e. The Morgan fingerprint density at radius 1 is 1.17 bits per heavy atom. The fourth-order valence-corrected chi connectivity index (χ4v) is 3.11. The van der Waals surface area contributed by atoms with Gasteiger partial charge >= 0.3 is 6.18 Å². The van der Waals surface area contributed by atoms with Crippen LogP contribution in [0.15, 0.2) is 54.9 Å². The minimum absolute atomic E-state index is 0.133. The molecule has 0 aliphatic rings. The van der Waals surface area contributed by atoms with E-state index in [1.807, 2.05) is 0 Å². The van der Waals surface area contributed by atoms with E-state index < -0.39 is 23.6 Å². The Labute approximate surface area is 169 Å². The average Bonchev–Trinajstić information content (AvgIpc) is 3.12. The normalized spacial score (nSPS) is 12.6. The second kappa shape index (κ2) is 8.16. The molecule has 150 valence electrons. The molecule has 0 N–H and O–H groups in total. The van der Waals surface area contributed by atoms with Gasteiger partial charge in [-0.3, -0.25) is 14.6 Å².